The Kier molecular flexibility index (Phi) is 4.65. The first kappa shape index (κ1) is 15.1. The third-order valence-electron chi connectivity index (χ3n) is 3.09. The fourth-order valence-corrected chi connectivity index (χ4v) is 2.31. The van der Waals surface area contributed by atoms with E-state index in [9.17, 15) is 4.39 Å². The second-order valence-electron chi connectivity index (χ2n) is 4.34. The van der Waals surface area contributed by atoms with Gasteiger partial charge in [-0.1, -0.05) is 28.9 Å². The molecule has 2 aromatic rings. The van der Waals surface area contributed by atoms with Crippen LogP contribution in [-0.4, -0.2) is 17.6 Å². The Hall–Kier alpha value is -2.27. The molecule has 0 spiro atoms. The van der Waals surface area contributed by atoms with Crippen LogP contribution in [0.5, 0.6) is 0 Å². The molecule has 0 aliphatic heterocycles. The first-order valence-electron chi connectivity index (χ1n) is 6.38. The van der Waals surface area contributed by atoms with Gasteiger partial charge in [0.2, 0.25) is 0 Å². The molecule has 110 valence electrons. The van der Waals surface area contributed by atoms with Crippen molar-refractivity contribution in [3.63, 3.8) is 0 Å². The van der Waals surface area contributed by atoms with Gasteiger partial charge in [-0.3, -0.25) is 0 Å². The first-order valence-corrected chi connectivity index (χ1v) is 6.75. The molecule has 4 nitrogen and oxygen atoms in total. The minimum absolute atomic E-state index is 0.0588. The van der Waals surface area contributed by atoms with Gasteiger partial charge in [0.25, 0.3) is 0 Å². The molecule has 0 unspecified atom stereocenters. The molecule has 6 heteroatoms. The van der Waals surface area contributed by atoms with Crippen molar-refractivity contribution < 1.29 is 9.60 Å². The minimum atomic E-state index is -0.357. The van der Waals surface area contributed by atoms with E-state index < -0.39 is 0 Å². The second-order valence-corrected chi connectivity index (χ2v) is 4.78. The summed E-state index contributed by atoms with van der Waals surface area (Å²) in [6, 6.07) is 11.3. The average Bonchev–Trinajstić information content (AvgIpc) is 2.49. The van der Waals surface area contributed by atoms with Crippen LogP contribution < -0.4 is 10.6 Å². The average molecular weight is 308 g/mol. The summed E-state index contributed by atoms with van der Waals surface area (Å²) in [5, 5.41) is 12.4. The lowest BCUT2D eigenvalue weighted by Gasteiger charge is -2.26. The van der Waals surface area contributed by atoms with E-state index in [-0.39, 0.29) is 11.7 Å². The largest absolute Gasteiger partial charge is 0.409 e. The number of anilines is 2. The van der Waals surface area contributed by atoms with E-state index in [4.69, 9.17) is 22.5 Å². The van der Waals surface area contributed by atoms with Gasteiger partial charge in [0.05, 0.1) is 11.4 Å². The highest BCUT2D eigenvalue weighted by molar-refractivity contribution is 6.31. The number of amidine groups is 1. The van der Waals surface area contributed by atoms with E-state index in [1.807, 2.05) is 6.92 Å². The lowest BCUT2D eigenvalue weighted by atomic mass is 10.1. The van der Waals surface area contributed by atoms with Gasteiger partial charge in [0.15, 0.2) is 5.84 Å². The number of nitrogens with two attached hydrogens (primary N) is 1. The van der Waals surface area contributed by atoms with Gasteiger partial charge in [-0.25, -0.2) is 4.39 Å². The highest BCUT2D eigenvalue weighted by atomic mass is 35.5. The van der Waals surface area contributed by atoms with Crippen molar-refractivity contribution >= 4 is 28.8 Å². The van der Waals surface area contributed by atoms with Crippen molar-refractivity contribution in [2.45, 2.75) is 6.92 Å². The number of hydrogen-bond donors (Lipinski definition) is 2. The van der Waals surface area contributed by atoms with Gasteiger partial charge in [0, 0.05) is 17.1 Å². The second kappa shape index (κ2) is 6.45. The van der Waals surface area contributed by atoms with Crippen LogP contribution in [0, 0.1) is 5.82 Å². The molecule has 2 rings (SSSR count). The highest BCUT2D eigenvalue weighted by Gasteiger charge is 2.17. The van der Waals surface area contributed by atoms with E-state index in [1.165, 1.54) is 6.07 Å². The number of nitrogens with zero attached hydrogens (tertiary/aromatic N) is 2. The summed E-state index contributed by atoms with van der Waals surface area (Å²) < 4.78 is 14.0. The zero-order valence-electron chi connectivity index (χ0n) is 11.4. The predicted molar refractivity (Wildman–Crippen MR) is 83.0 cm³/mol. The normalized spacial score (nSPS) is 11.5. The first-order chi connectivity index (χ1) is 10.1. The summed E-state index contributed by atoms with van der Waals surface area (Å²) in [5.41, 5.74) is 7.14. The Balaban J connectivity index is 2.62. The van der Waals surface area contributed by atoms with Crippen molar-refractivity contribution in [1.29, 1.82) is 0 Å². The number of para-hydroxylation sites is 1. The monoisotopic (exact) mass is 307 g/mol. The van der Waals surface area contributed by atoms with Crippen LogP contribution in [0.4, 0.5) is 15.8 Å². The Labute approximate surface area is 127 Å². The molecule has 0 heterocycles. The standard InChI is InChI=1S/C15H15ClFN3O/c1-2-20(13-6-4-3-5-12(13)17)14-9-10(16)7-8-11(14)15(18)19-21/h3-9,21H,2H2,1H3,(H2,18,19). The zero-order valence-corrected chi connectivity index (χ0v) is 12.2. The summed E-state index contributed by atoms with van der Waals surface area (Å²) in [7, 11) is 0. The molecule has 0 radical (unpaired) electrons. The third-order valence-corrected chi connectivity index (χ3v) is 3.33. The lowest BCUT2D eigenvalue weighted by Crippen LogP contribution is -2.23. The fourth-order valence-electron chi connectivity index (χ4n) is 2.14. The van der Waals surface area contributed by atoms with E-state index in [0.29, 0.717) is 28.5 Å². The topological polar surface area (TPSA) is 61.8 Å². The van der Waals surface area contributed by atoms with Gasteiger partial charge < -0.3 is 15.8 Å². The molecule has 2 aromatic carbocycles. The van der Waals surface area contributed by atoms with Gasteiger partial charge in [-0.2, -0.15) is 0 Å². The van der Waals surface area contributed by atoms with Crippen LogP contribution in [0.3, 0.4) is 0 Å². The minimum Gasteiger partial charge on any atom is -0.409 e. The molecular formula is C15H15ClFN3O. The Morgan fingerprint density at radius 2 is 2.00 bits per heavy atom. The van der Waals surface area contributed by atoms with Crippen LogP contribution in [0.25, 0.3) is 0 Å². The Morgan fingerprint density at radius 3 is 2.62 bits per heavy atom. The van der Waals surface area contributed by atoms with E-state index in [2.05, 4.69) is 5.16 Å². The maximum atomic E-state index is 14.0. The third kappa shape index (κ3) is 3.08. The quantitative estimate of drug-likeness (QED) is 0.391. The fraction of sp³-hybridized carbons (Fsp3) is 0.133. The van der Waals surface area contributed by atoms with Crippen LogP contribution >= 0.6 is 11.6 Å². The van der Waals surface area contributed by atoms with Crippen molar-refractivity contribution in [3.8, 4) is 0 Å². The number of benzene rings is 2. The molecule has 0 fully saturated rings. The predicted octanol–water partition coefficient (Wildman–Crippen LogP) is 3.73. The molecule has 21 heavy (non-hydrogen) atoms. The van der Waals surface area contributed by atoms with Crippen molar-refractivity contribution in [3.05, 3.63) is 58.9 Å². The van der Waals surface area contributed by atoms with Gasteiger partial charge in [-0.05, 0) is 37.3 Å². The molecule has 0 saturated carbocycles. The smallest absolute Gasteiger partial charge is 0.172 e. The molecule has 0 atom stereocenters. The summed E-state index contributed by atoms with van der Waals surface area (Å²) in [6.45, 7) is 2.37. The molecule has 0 aliphatic rings. The van der Waals surface area contributed by atoms with Gasteiger partial charge in [-0.15, -0.1) is 0 Å². The number of rotatable bonds is 4. The summed E-state index contributed by atoms with van der Waals surface area (Å²) in [5.74, 6) is -0.416. The zero-order chi connectivity index (χ0) is 15.4. The summed E-state index contributed by atoms with van der Waals surface area (Å²) in [4.78, 5) is 1.72. The molecule has 0 amide bonds. The van der Waals surface area contributed by atoms with Crippen LogP contribution in [0.15, 0.2) is 47.6 Å². The maximum Gasteiger partial charge on any atom is 0.172 e. The van der Waals surface area contributed by atoms with Gasteiger partial charge >= 0.3 is 0 Å². The van der Waals surface area contributed by atoms with Gasteiger partial charge in [0.1, 0.15) is 5.82 Å². The molecular weight excluding hydrogens is 293 g/mol. The maximum absolute atomic E-state index is 14.0. The summed E-state index contributed by atoms with van der Waals surface area (Å²) in [6.07, 6.45) is 0. The van der Waals surface area contributed by atoms with E-state index in [1.54, 1.807) is 41.3 Å². The van der Waals surface area contributed by atoms with Crippen LogP contribution in [-0.2, 0) is 0 Å². The van der Waals surface area contributed by atoms with Crippen LogP contribution in [0.2, 0.25) is 5.02 Å². The van der Waals surface area contributed by atoms with E-state index >= 15 is 0 Å². The van der Waals surface area contributed by atoms with Crippen molar-refractivity contribution in [2.24, 2.45) is 10.9 Å². The van der Waals surface area contributed by atoms with Crippen molar-refractivity contribution in [2.75, 3.05) is 11.4 Å². The molecule has 3 N–H and O–H groups in total. The SMILES string of the molecule is CCN(c1ccccc1F)c1cc(Cl)ccc1C(N)=NO. The Morgan fingerprint density at radius 1 is 1.29 bits per heavy atom. The number of halogens is 2. The highest BCUT2D eigenvalue weighted by Crippen LogP contribution is 2.32. The molecule has 0 saturated heterocycles. The molecule has 0 bridgehead atoms. The van der Waals surface area contributed by atoms with Crippen LogP contribution in [0.1, 0.15) is 12.5 Å². The summed E-state index contributed by atoms with van der Waals surface area (Å²) >= 11 is 6.03. The Bertz CT molecular complexity index is 676. The number of oxime groups is 1. The lowest BCUT2D eigenvalue weighted by molar-refractivity contribution is 0.318. The molecule has 0 aromatic heterocycles. The van der Waals surface area contributed by atoms with E-state index in [0.717, 1.165) is 0 Å². The number of hydrogen-bond acceptors (Lipinski definition) is 3. The molecule has 0 aliphatic carbocycles. The van der Waals surface area contributed by atoms with Crippen molar-refractivity contribution in [1.82, 2.24) is 0 Å².